The van der Waals surface area contributed by atoms with Gasteiger partial charge in [0.15, 0.2) is 0 Å². The molecule has 0 spiro atoms. The third kappa shape index (κ3) is 3.14. The first-order valence-electron chi connectivity index (χ1n) is 7.51. The van der Waals surface area contributed by atoms with Gasteiger partial charge in [0.05, 0.1) is 18.3 Å². The van der Waals surface area contributed by atoms with Crippen LogP contribution in [-0.2, 0) is 19.0 Å². The van der Waals surface area contributed by atoms with E-state index in [9.17, 15) is 9.59 Å². The average Bonchev–Trinajstić information content (AvgIpc) is 2.98. The van der Waals surface area contributed by atoms with Crippen LogP contribution >= 0.6 is 0 Å². The van der Waals surface area contributed by atoms with Crippen molar-refractivity contribution in [3.8, 4) is 0 Å². The molecule has 20 heavy (non-hydrogen) atoms. The predicted molar refractivity (Wildman–Crippen MR) is 72.3 cm³/mol. The van der Waals surface area contributed by atoms with E-state index < -0.39 is 6.16 Å². The fraction of sp³-hybridized carbons (Fsp3) is 0.867. The van der Waals surface area contributed by atoms with E-state index in [1.54, 1.807) is 13.8 Å². The zero-order valence-corrected chi connectivity index (χ0v) is 12.4. The van der Waals surface area contributed by atoms with Gasteiger partial charge in [-0.05, 0) is 33.1 Å². The predicted octanol–water partition coefficient (Wildman–Crippen LogP) is 2.57. The van der Waals surface area contributed by atoms with Gasteiger partial charge in [0.25, 0.3) is 0 Å². The molecule has 5 nitrogen and oxygen atoms in total. The number of hydrogen-bond acceptors (Lipinski definition) is 5. The molecule has 0 saturated carbocycles. The van der Waals surface area contributed by atoms with Crippen molar-refractivity contribution < 1.29 is 23.8 Å². The summed E-state index contributed by atoms with van der Waals surface area (Å²) >= 11 is 0. The molecule has 0 aromatic carbocycles. The molecule has 0 amide bonds. The van der Waals surface area contributed by atoms with Crippen LogP contribution in [0.1, 0.15) is 40.0 Å². The van der Waals surface area contributed by atoms with Crippen molar-refractivity contribution in [2.24, 2.45) is 17.8 Å². The van der Waals surface area contributed by atoms with Crippen molar-refractivity contribution in [3.63, 3.8) is 0 Å². The Balaban J connectivity index is 1.94. The maximum absolute atomic E-state index is 11.5. The normalized spacial score (nSPS) is 33.2. The van der Waals surface area contributed by atoms with E-state index in [4.69, 9.17) is 14.2 Å². The fourth-order valence-electron chi connectivity index (χ4n) is 3.47. The van der Waals surface area contributed by atoms with E-state index in [-0.39, 0.29) is 42.7 Å². The average molecular weight is 284 g/mol. The molecule has 2 bridgehead atoms. The van der Waals surface area contributed by atoms with Crippen molar-refractivity contribution in [1.29, 1.82) is 0 Å². The number of ether oxygens (including phenoxy) is 3. The quantitative estimate of drug-likeness (QED) is 0.554. The molecule has 0 radical (unpaired) electrons. The highest BCUT2D eigenvalue weighted by atomic mass is 16.7. The molecule has 2 saturated heterocycles. The lowest BCUT2D eigenvalue weighted by atomic mass is 9.72. The van der Waals surface area contributed by atoms with E-state index in [2.05, 4.69) is 0 Å². The van der Waals surface area contributed by atoms with Crippen molar-refractivity contribution in [1.82, 2.24) is 0 Å². The zero-order valence-electron chi connectivity index (χ0n) is 12.4. The Kier molecular flexibility index (Phi) is 5.02. The van der Waals surface area contributed by atoms with Crippen LogP contribution in [0.5, 0.6) is 0 Å². The molecule has 5 atom stereocenters. The van der Waals surface area contributed by atoms with E-state index in [0.717, 1.165) is 25.5 Å². The third-order valence-electron chi connectivity index (χ3n) is 4.35. The minimum Gasteiger partial charge on any atom is -0.434 e. The number of hydrogen-bond donors (Lipinski definition) is 0. The van der Waals surface area contributed by atoms with Gasteiger partial charge in [0.2, 0.25) is 0 Å². The Morgan fingerprint density at radius 3 is 2.65 bits per heavy atom. The zero-order chi connectivity index (χ0) is 14.7. The van der Waals surface area contributed by atoms with Crippen LogP contribution < -0.4 is 0 Å². The summed E-state index contributed by atoms with van der Waals surface area (Å²) in [6.07, 6.45) is 3.25. The summed E-state index contributed by atoms with van der Waals surface area (Å²) in [5.41, 5.74) is 0. The molecule has 0 aromatic heterocycles. The summed E-state index contributed by atoms with van der Waals surface area (Å²) in [4.78, 5) is 22.7. The molecule has 0 N–H and O–H groups in total. The standard InChI is InChI=1S/C15H24O5/c1-4-10(7-16)14-11(12-5-6-13(14)20-12)8-18-15(17)19-9(2)3/h7,9-14H,4-6,8H2,1-3H3. The van der Waals surface area contributed by atoms with Gasteiger partial charge in [-0.2, -0.15) is 0 Å². The lowest BCUT2D eigenvalue weighted by Gasteiger charge is -2.30. The molecule has 2 rings (SSSR count). The van der Waals surface area contributed by atoms with Crippen molar-refractivity contribution >= 4 is 12.4 Å². The van der Waals surface area contributed by atoms with E-state index in [1.165, 1.54) is 0 Å². The molecule has 5 heteroatoms. The Hall–Kier alpha value is -1.10. The molecule has 2 aliphatic heterocycles. The van der Waals surface area contributed by atoms with E-state index >= 15 is 0 Å². The summed E-state index contributed by atoms with van der Waals surface area (Å²) in [7, 11) is 0. The number of fused-ring (bicyclic) bond motifs is 2. The molecule has 0 aromatic rings. The van der Waals surface area contributed by atoms with Gasteiger partial charge in [-0.1, -0.05) is 6.92 Å². The molecule has 2 heterocycles. The minimum atomic E-state index is -0.638. The van der Waals surface area contributed by atoms with Crippen molar-refractivity contribution in [2.45, 2.75) is 58.3 Å². The first-order chi connectivity index (χ1) is 9.56. The number of carbonyl (C=O) groups excluding carboxylic acids is 2. The molecule has 0 aliphatic carbocycles. The van der Waals surface area contributed by atoms with Gasteiger partial charge in [0, 0.05) is 17.8 Å². The maximum atomic E-state index is 11.5. The van der Waals surface area contributed by atoms with E-state index in [0.29, 0.717) is 0 Å². The smallest absolute Gasteiger partial charge is 0.434 e. The van der Waals surface area contributed by atoms with Crippen LogP contribution in [0, 0.1) is 17.8 Å². The number of aldehydes is 1. The first-order valence-corrected chi connectivity index (χ1v) is 7.51. The first kappa shape index (κ1) is 15.3. The second kappa shape index (κ2) is 6.57. The van der Waals surface area contributed by atoms with E-state index in [1.807, 2.05) is 6.92 Å². The summed E-state index contributed by atoms with van der Waals surface area (Å²) in [5.74, 6) is 0.270. The van der Waals surface area contributed by atoms with Crippen LogP contribution in [0.4, 0.5) is 4.79 Å². The van der Waals surface area contributed by atoms with Gasteiger partial charge in [-0.3, -0.25) is 0 Å². The van der Waals surface area contributed by atoms with Gasteiger partial charge in [0.1, 0.15) is 12.9 Å². The van der Waals surface area contributed by atoms with Crippen LogP contribution in [0.3, 0.4) is 0 Å². The third-order valence-corrected chi connectivity index (χ3v) is 4.35. The van der Waals surface area contributed by atoms with Gasteiger partial charge >= 0.3 is 6.16 Å². The molecule has 114 valence electrons. The Bertz CT molecular complexity index is 354. The fourth-order valence-corrected chi connectivity index (χ4v) is 3.47. The lowest BCUT2D eigenvalue weighted by molar-refractivity contribution is -0.114. The minimum absolute atomic E-state index is 0.0139. The number of carbonyl (C=O) groups is 2. The van der Waals surface area contributed by atoms with Crippen LogP contribution in [0.25, 0.3) is 0 Å². The van der Waals surface area contributed by atoms with Crippen LogP contribution in [-0.4, -0.2) is 37.4 Å². The maximum Gasteiger partial charge on any atom is 0.508 e. The Morgan fingerprint density at radius 1 is 1.35 bits per heavy atom. The molecular formula is C15H24O5. The monoisotopic (exact) mass is 284 g/mol. The Morgan fingerprint density at radius 2 is 2.05 bits per heavy atom. The molecule has 5 unspecified atom stereocenters. The van der Waals surface area contributed by atoms with Crippen molar-refractivity contribution in [2.75, 3.05) is 6.61 Å². The highest BCUT2D eigenvalue weighted by molar-refractivity contribution is 5.60. The molecular weight excluding hydrogens is 260 g/mol. The highest BCUT2D eigenvalue weighted by Gasteiger charge is 2.51. The van der Waals surface area contributed by atoms with Gasteiger partial charge in [-0.15, -0.1) is 0 Å². The summed E-state index contributed by atoms with van der Waals surface area (Å²) < 4.78 is 16.1. The van der Waals surface area contributed by atoms with Gasteiger partial charge < -0.3 is 19.0 Å². The Labute approximate surface area is 120 Å². The summed E-state index contributed by atoms with van der Waals surface area (Å²) in [6, 6.07) is 0. The highest BCUT2D eigenvalue weighted by Crippen LogP contribution is 2.47. The SMILES string of the molecule is CCC(C=O)C1C2CCC(O2)C1COC(=O)OC(C)C. The van der Waals surface area contributed by atoms with Crippen LogP contribution in [0.2, 0.25) is 0 Å². The summed E-state index contributed by atoms with van der Waals surface area (Å²) in [6.45, 7) is 5.85. The largest absolute Gasteiger partial charge is 0.508 e. The second-order valence-corrected chi connectivity index (χ2v) is 5.97. The lowest BCUT2D eigenvalue weighted by Crippen LogP contribution is -2.37. The number of rotatable bonds is 6. The van der Waals surface area contributed by atoms with Gasteiger partial charge in [-0.25, -0.2) is 4.79 Å². The van der Waals surface area contributed by atoms with Crippen molar-refractivity contribution in [3.05, 3.63) is 0 Å². The molecule has 2 aliphatic rings. The topological polar surface area (TPSA) is 61.8 Å². The molecule has 2 fully saturated rings. The van der Waals surface area contributed by atoms with Crippen LogP contribution in [0.15, 0.2) is 0 Å². The second-order valence-electron chi connectivity index (χ2n) is 5.97. The summed E-state index contributed by atoms with van der Waals surface area (Å²) in [5, 5.41) is 0.